The van der Waals surface area contributed by atoms with Gasteiger partial charge in [0, 0.05) is 31.2 Å². The fraction of sp³-hybridized carbons (Fsp3) is 0.684. The molecule has 1 aliphatic heterocycles. The fourth-order valence-electron chi connectivity index (χ4n) is 4.04. The molecule has 1 heterocycles. The van der Waals surface area contributed by atoms with Gasteiger partial charge in [0.25, 0.3) is 0 Å². The molecule has 116 valence electrons. The van der Waals surface area contributed by atoms with Gasteiger partial charge >= 0.3 is 0 Å². The Hall–Kier alpha value is -0.860. The maximum Gasteiger partial charge on any atom is 0.0473 e. The molecule has 1 aliphatic carbocycles. The summed E-state index contributed by atoms with van der Waals surface area (Å²) in [5.74, 6) is 0.926. The van der Waals surface area contributed by atoms with Crippen LogP contribution in [0.25, 0.3) is 0 Å². The van der Waals surface area contributed by atoms with Crippen LogP contribution in [0.1, 0.15) is 57.6 Å². The first-order valence-electron chi connectivity index (χ1n) is 8.74. The van der Waals surface area contributed by atoms with Crippen molar-refractivity contribution in [2.24, 2.45) is 5.92 Å². The molecule has 0 aromatic heterocycles. The van der Waals surface area contributed by atoms with E-state index in [1.165, 1.54) is 50.8 Å². The zero-order valence-corrected chi connectivity index (χ0v) is 13.6. The molecule has 2 heteroatoms. The number of rotatable bonds is 4. The van der Waals surface area contributed by atoms with Crippen LogP contribution in [0.15, 0.2) is 30.3 Å². The van der Waals surface area contributed by atoms with Crippen molar-refractivity contribution in [1.82, 2.24) is 10.2 Å². The topological polar surface area (TPSA) is 15.3 Å². The summed E-state index contributed by atoms with van der Waals surface area (Å²) in [7, 11) is 0. The molecule has 1 N–H and O–H groups in total. The van der Waals surface area contributed by atoms with Crippen LogP contribution in [0, 0.1) is 5.92 Å². The zero-order valence-electron chi connectivity index (χ0n) is 13.6. The second kappa shape index (κ2) is 6.50. The number of hydrogen-bond acceptors (Lipinski definition) is 2. The minimum Gasteiger partial charge on any atom is -0.308 e. The number of benzene rings is 1. The third-order valence-corrected chi connectivity index (χ3v) is 5.65. The van der Waals surface area contributed by atoms with Crippen molar-refractivity contribution in [3.05, 3.63) is 35.9 Å². The summed E-state index contributed by atoms with van der Waals surface area (Å²) in [6, 6.07) is 11.6. The highest BCUT2D eigenvalue weighted by atomic mass is 15.3. The number of piperazine rings is 1. The van der Waals surface area contributed by atoms with Gasteiger partial charge in [0.05, 0.1) is 0 Å². The first-order valence-corrected chi connectivity index (χ1v) is 8.74. The van der Waals surface area contributed by atoms with Crippen LogP contribution in [0.3, 0.4) is 0 Å². The second-order valence-electron chi connectivity index (χ2n) is 7.30. The normalized spacial score (nSPS) is 31.6. The quantitative estimate of drug-likeness (QED) is 0.900. The lowest BCUT2D eigenvalue weighted by Crippen LogP contribution is -2.60. The molecule has 2 nitrogen and oxygen atoms in total. The number of nitrogens with one attached hydrogen (secondary N) is 1. The van der Waals surface area contributed by atoms with Gasteiger partial charge in [0.1, 0.15) is 0 Å². The molecule has 21 heavy (non-hydrogen) atoms. The molecule has 1 aromatic rings. The van der Waals surface area contributed by atoms with E-state index in [9.17, 15) is 0 Å². The molecular formula is C19H30N2. The van der Waals surface area contributed by atoms with E-state index in [1.54, 1.807) is 0 Å². The van der Waals surface area contributed by atoms with E-state index < -0.39 is 0 Å². The molecule has 0 amide bonds. The Kier molecular flexibility index (Phi) is 4.66. The summed E-state index contributed by atoms with van der Waals surface area (Å²) >= 11 is 0. The maximum absolute atomic E-state index is 3.81. The Balaban J connectivity index is 1.76. The number of nitrogens with zero attached hydrogens (tertiary/aromatic N) is 1. The van der Waals surface area contributed by atoms with E-state index >= 15 is 0 Å². The first kappa shape index (κ1) is 15.1. The second-order valence-corrected chi connectivity index (χ2v) is 7.30. The van der Waals surface area contributed by atoms with Crippen molar-refractivity contribution in [2.45, 2.75) is 57.5 Å². The first-order chi connectivity index (χ1) is 10.2. The molecule has 0 radical (unpaired) electrons. The molecule has 2 fully saturated rings. The van der Waals surface area contributed by atoms with E-state index in [0.717, 1.165) is 12.5 Å². The fourth-order valence-corrected chi connectivity index (χ4v) is 4.04. The Morgan fingerprint density at radius 1 is 1.19 bits per heavy atom. The van der Waals surface area contributed by atoms with Crippen LogP contribution in [0.2, 0.25) is 0 Å². The molecule has 1 aromatic carbocycles. The molecule has 0 spiro atoms. The molecule has 3 rings (SSSR count). The average Bonchev–Trinajstić information content (AvgIpc) is 3.01. The Labute approximate surface area is 129 Å². The average molecular weight is 286 g/mol. The lowest BCUT2D eigenvalue weighted by molar-refractivity contribution is 0.0697. The predicted octanol–water partition coefficient (Wildman–Crippen LogP) is 3.99. The third kappa shape index (κ3) is 3.49. The van der Waals surface area contributed by atoms with Gasteiger partial charge < -0.3 is 5.32 Å². The SMILES string of the molecule is CCC1(C)CN(CC2CCCC2)C(c2ccccc2)CN1. The lowest BCUT2D eigenvalue weighted by atomic mass is 9.90. The van der Waals surface area contributed by atoms with Gasteiger partial charge in [-0.15, -0.1) is 0 Å². The standard InChI is InChI=1S/C19H30N2/c1-3-19(2)15-21(14-16-9-7-8-10-16)18(13-20-19)17-11-5-4-6-12-17/h4-6,11-12,16,18,20H,3,7-10,13-15H2,1-2H3. The molecule has 2 unspecified atom stereocenters. The molecule has 1 saturated carbocycles. The summed E-state index contributed by atoms with van der Waals surface area (Å²) in [5.41, 5.74) is 1.75. The van der Waals surface area contributed by atoms with E-state index in [1.807, 2.05) is 0 Å². The summed E-state index contributed by atoms with van der Waals surface area (Å²) in [4.78, 5) is 2.77. The smallest absolute Gasteiger partial charge is 0.0473 e. The maximum atomic E-state index is 3.81. The van der Waals surface area contributed by atoms with Crippen LogP contribution in [0.4, 0.5) is 0 Å². The molecule has 2 aliphatic rings. The van der Waals surface area contributed by atoms with Gasteiger partial charge in [-0.1, -0.05) is 50.1 Å². The van der Waals surface area contributed by atoms with E-state index in [0.29, 0.717) is 6.04 Å². The van der Waals surface area contributed by atoms with E-state index in [2.05, 4.69) is 54.4 Å². The minimum atomic E-state index is 0.282. The largest absolute Gasteiger partial charge is 0.308 e. The van der Waals surface area contributed by atoms with Gasteiger partial charge in [-0.3, -0.25) is 4.90 Å². The van der Waals surface area contributed by atoms with Crippen LogP contribution < -0.4 is 5.32 Å². The van der Waals surface area contributed by atoms with Crippen molar-refractivity contribution in [3.63, 3.8) is 0 Å². The van der Waals surface area contributed by atoms with Gasteiger partial charge in [0.15, 0.2) is 0 Å². The summed E-state index contributed by atoms with van der Waals surface area (Å²) in [6.07, 6.45) is 6.97. The van der Waals surface area contributed by atoms with E-state index in [-0.39, 0.29) is 5.54 Å². The lowest BCUT2D eigenvalue weighted by Gasteiger charge is -2.47. The van der Waals surface area contributed by atoms with Crippen molar-refractivity contribution >= 4 is 0 Å². The van der Waals surface area contributed by atoms with Crippen molar-refractivity contribution in [1.29, 1.82) is 0 Å². The van der Waals surface area contributed by atoms with Crippen molar-refractivity contribution in [2.75, 3.05) is 19.6 Å². The minimum absolute atomic E-state index is 0.282. The Bertz CT molecular complexity index is 438. The molecular weight excluding hydrogens is 256 g/mol. The van der Waals surface area contributed by atoms with E-state index in [4.69, 9.17) is 0 Å². The molecule has 1 saturated heterocycles. The summed E-state index contributed by atoms with van der Waals surface area (Å²) < 4.78 is 0. The van der Waals surface area contributed by atoms with Crippen molar-refractivity contribution in [3.8, 4) is 0 Å². The highest BCUT2D eigenvalue weighted by Gasteiger charge is 2.36. The van der Waals surface area contributed by atoms with Gasteiger partial charge in [0.2, 0.25) is 0 Å². The van der Waals surface area contributed by atoms with Gasteiger partial charge in [-0.05, 0) is 37.7 Å². The van der Waals surface area contributed by atoms with Gasteiger partial charge in [-0.2, -0.15) is 0 Å². The highest BCUT2D eigenvalue weighted by Crippen LogP contribution is 2.33. The van der Waals surface area contributed by atoms with Crippen molar-refractivity contribution < 1.29 is 0 Å². The number of hydrogen-bond donors (Lipinski definition) is 1. The Morgan fingerprint density at radius 3 is 2.57 bits per heavy atom. The zero-order chi connectivity index (χ0) is 14.7. The van der Waals surface area contributed by atoms with Crippen LogP contribution in [-0.2, 0) is 0 Å². The van der Waals surface area contributed by atoms with Gasteiger partial charge in [-0.25, -0.2) is 0 Å². The van der Waals surface area contributed by atoms with Crippen LogP contribution in [-0.4, -0.2) is 30.1 Å². The predicted molar refractivity (Wildman–Crippen MR) is 89.4 cm³/mol. The summed E-state index contributed by atoms with van der Waals surface area (Å²) in [6.45, 7) is 8.25. The highest BCUT2D eigenvalue weighted by molar-refractivity contribution is 5.21. The van der Waals surface area contributed by atoms with Crippen LogP contribution in [0.5, 0.6) is 0 Å². The molecule has 0 bridgehead atoms. The Morgan fingerprint density at radius 2 is 1.90 bits per heavy atom. The third-order valence-electron chi connectivity index (χ3n) is 5.65. The van der Waals surface area contributed by atoms with Crippen LogP contribution >= 0.6 is 0 Å². The monoisotopic (exact) mass is 286 g/mol. The molecule has 2 atom stereocenters. The summed E-state index contributed by atoms with van der Waals surface area (Å²) in [5, 5.41) is 3.81.